The van der Waals surface area contributed by atoms with Crippen molar-refractivity contribution < 1.29 is 18.1 Å². The molecule has 38 heavy (non-hydrogen) atoms. The summed E-state index contributed by atoms with van der Waals surface area (Å²) in [6, 6.07) is 23.5. The number of anilines is 1. The van der Waals surface area contributed by atoms with Gasteiger partial charge in [0, 0.05) is 17.3 Å². The fourth-order valence-corrected chi connectivity index (χ4v) is 5.66. The maximum atomic E-state index is 13.5. The van der Waals surface area contributed by atoms with Crippen molar-refractivity contribution in [2.75, 3.05) is 5.32 Å². The van der Waals surface area contributed by atoms with E-state index in [1.165, 1.54) is 36.4 Å². The van der Waals surface area contributed by atoms with Crippen molar-refractivity contribution >= 4 is 38.2 Å². The lowest BCUT2D eigenvalue weighted by atomic mass is 10.1. The minimum atomic E-state index is -4.39. The first-order valence-corrected chi connectivity index (χ1v) is 13.0. The van der Waals surface area contributed by atoms with Crippen LogP contribution in [0.25, 0.3) is 22.3 Å². The summed E-state index contributed by atoms with van der Waals surface area (Å²) in [4.78, 5) is 32.3. The Balaban J connectivity index is 1.51. The minimum Gasteiger partial charge on any atom is -0.322 e. The van der Waals surface area contributed by atoms with Crippen LogP contribution in [0.5, 0.6) is 0 Å². The number of sulfone groups is 1. The first kappa shape index (κ1) is 24.7. The molecule has 4 aromatic carbocycles. The molecule has 0 bridgehead atoms. The molecule has 0 aliphatic carbocycles. The number of carbonyl (C=O) groups is 1. The number of fused-ring (bicyclic) bond motifs is 1. The smallest absolute Gasteiger partial charge is 0.288 e. The summed E-state index contributed by atoms with van der Waals surface area (Å²) in [6.45, 7) is 1.81. The second-order valence-corrected chi connectivity index (χ2v) is 10.3. The molecule has 0 atom stereocenters. The van der Waals surface area contributed by atoms with E-state index in [2.05, 4.69) is 15.3 Å². The van der Waals surface area contributed by atoms with E-state index in [9.17, 15) is 23.3 Å². The highest BCUT2D eigenvalue weighted by molar-refractivity contribution is 7.91. The normalized spacial score (nSPS) is 11.3. The molecule has 0 saturated carbocycles. The van der Waals surface area contributed by atoms with Crippen molar-refractivity contribution in [3.05, 3.63) is 118 Å². The quantitative estimate of drug-likeness (QED) is 0.226. The molecule has 1 aromatic heterocycles. The van der Waals surface area contributed by atoms with Gasteiger partial charge in [-0.15, -0.1) is 0 Å². The van der Waals surface area contributed by atoms with Crippen molar-refractivity contribution in [2.24, 2.45) is 0 Å². The number of carbonyl (C=O) groups excluding carboxylic acids is 1. The number of nitrogens with one attached hydrogen (secondary N) is 1. The lowest BCUT2D eigenvalue weighted by Crippen LogP contribution is -2.17. The Morgan fingerprint density at radius 1 is 0.868 bits per heavy atom. The number of nitro benzene ring substituents is 1. The van der Waals surface area contributed by atoms with Crippen LogP contribution in [0.2, 0.25) is 0 Å². The molecule has 5 rings (SSSR count). The molecule has 0 unspecified atom stereocenters. The lowest BCUT2D eigenvalue weighted by Gasteiger charge is -2.14. The number of hydrogen-bond donors (Lipinski definition) is 1. The zero-order valence-corrected chi connectivity index (χ0v) is 20.8. The summed E-state index contributed by atoms with van der Waals surface area (Å²) >= 11 is 0. The molecule has 0 saturated heterocycles. The molecule has 1 amide bonds. The van der Waals surface area contributed by atoms with Gasteiger partial charge in [-0.25, -0.2) is 13.4 Å². The molecule has 10 heteroatoms. The van der Waals surface area contributed by atoms with Crippen LogP contribution >= 0.6 is 0 Å². The first-order chi connectivity index (χ1) is 18.3. The molecule has 0 fully saturated rings. The Morgan fingerprint density at radius 2 is 1.53 bits per heavy atom. The number of aromatic nitrogens is 2. The van der Waals surface area contributed by atoms with Crippen LogP contribution in [-0.2, 0) is 9.84 Å². The average molecular weight is 525 g/mol. The highest BCUT2D eigenvalue weighted by Crippen LogP contribution is 2.32. The third-order valence-corrected chi connectivity index (χ3v) is 7.86. The van der Waals surface area contributed by atoms with Gasteiger partial charge in [0.25, 0.3) is 11.6 Å². The number of nitrogens with zero attached hydrogens (tertiary/aromatic N) is 3. The third kappa shape index (κ3) is 4.60. The van der Waals surface area contributed by atoms with E-state index < -0.39 is 31.3 Å². The van der Waals surface area contributed by atoms with Gasteiger partial charge in [0.15, 0.2) is 0 Å². The average Bonchev–Trinajstić information content (AvgIpc) is 2.94. The van der Waals surface area contributed by atoms with Crippen LogP contribution in [0.3, 0.4) is 0 Å². The molecule has 1 N–H and O–H groups in total. The van der Waals surface area contributed by atoms with Crippen molar-refractivity contribution in [3.63, 3.8) is 0 Å². The maximum Gasteiger partial charge on any atom is 0.288 e. The predicted molar refractivity (Wildman–Crippen MR) is 143 cm³/mol. The van der Waals surface area contributed by atoms with Crippen molar-refractivity contribution in [1.29, 1.82) is 0 Å². The summed E-state index contributed by atoms with van der Waals surface area (Å²) in [6.07, 6.45) is 1.65. The van der Waals surface area contributed by atoms with Crippen LogP contribution < -0.4 is 5.32 Å². The number of hydrogen-bond acceptors (Lipinski definition) is 7. The van der Waals surface area contributed by atoms with Crippen molar-refractivity contribution in [2.45, 2.75) is 16.7 Å². The summed E-state index contributed by atoms with van der Waals surface area (Å²) in [5, 5.41) is 14.3. The van der Waals surface area contributed by atoms with Gasteiger partial charge in [-0.2, -0.15) is 0 Å². The fourth-order valence-electron chi connectivity index (χ4n) is 4.04. The number of rotatable bonds is 6. The SMILES string of the molecule is Cc1ccc(-c2cnc3ccccc3n2)cc1NC(=O)c1ccccc1S(=O)(=O)c1ccccc1[N+](=O)[O-]. The number of para-hydroxylation sites is 3. The Kier molecular flexibility index (Phi) is 6.39. The zero-order chi connectivity index (χ0) is 26.9. The highest BCUT2D eigenvalue weighted by Gasteiger charge is 2.30. The van der Waals surface area contributed by atoms with Gasteiger partial charge in [-0.3, -0.25) is 19.9 Å². The van der Waals surface area contributed by atoms with E-state index in [4.69, 9.17) is 0 Å². The van der Waals surface area contributed by atoms with E-state index in [0.717, 1.165) is 28.7 Å². The molecule has 0 aliphatic heterocycles. The van der Waals surface area contributed by atoms with Gasteiger partial charge in [-0.05, 0) is 48.9 Å². The van der Waals surface area contributed by atoms with E-state index >= 15 is 0 Å². The molecule has 0 aliphatic rings. The topological polar surface area (TPSA) is 132 Å². The molecule has 188 valence electrons. The number of amides is 1. The van der Waals surface area contributed by atoms with Gasteiger partial charge >= 0.3 is 0 Å². The summed E-state index contributed by atoms with van der Waals surface area (Å²) in [5.41, 5.74) is 3.31. The Bertz CT molecular complexity index is 1840. The summed E-state index contributed by atoms with van der Waals surface area (Å²) < 4.78 is 26.9. The van der Waals surface area contributed by atoms with Crippen LogP contribution in [-0.4, -0.2) is 29.2 Å². The lowest BCUT2D eigenvalue weighted by molar-refractivity contribution is -0.387. The van der Waals surface area contributed by atoms with Crippen molar-refractivity contribution in [1.82, 2.24) is 9.97 Å². The molecule has 0 radical (unpaired) electrons. The van der Waals surface area contributed by atoms with Gasteiger partial charge in [0.05, 0.1) is 38.3 Å². The molecule has 1 heterocycles. The standard InChI is InChI=1S/C28H20N4O5S/c1-18-14-15-19(24-17-29-21-9-3-4-10-22(21)30-24)16-23(18)31-28(33)20-8-2-6-12-26(20)38(36,37)27-13-7-5-11-25(27)32(34)35/h2-17H,1H3,(H,31,33). The molecule has 5 aromatic rings. The summed E-state index contributed by atoms with van der Waals surface area (Å²) in [5.74, 6) is -0.674. The molecule has 9 nitrogen and oxygen atoms in total. The number of benzene rings is 4. The molecular formula is C28H20N4O5S. The maximum absolute atomic E-state index is 13.5. The second kappa shape index (κ2) is 9.83. The first-order valence-electron chi connectivity index (χ1n) is 11.5. The van der Waals surface area contributed by atoms with Gasteiger partial charge < -0.3 is 5.32 Å². The highest BCUT2D eigenvalue weighted by atomic mass is 32.2. The van der Waals surface area contributed by atoms with Crippen LogP contribution in [0, 0.1) is 17.0 Å². The number of aryl methyl sites for hydroxylation is 1. The van der Waals surface area contributed by atoms with Crippen molar-refractivity contribution in [3.8, 4) is 11.3 Å². The summed E-state index contributed by atoms with van der Waals surface area (Å²) in [7, 11) is -4.39. The van der Waals surface area contributed by atoms with Gasteiger partial charge in [-0.1, -0.05) is 48.5 Å². The monoisotopic (exact) mass is 524 g/mol. The fraction of sp³-hybridized carbons (Fsp3) is 0.0357. The Labute approximate surface area is 217 Å². The van der Waals surface area contributed by atoms with Gasteiger partial charge in [0.1, 0.15) is 4.90 Å². The Morgan fingerprint density at radius 3 is 2.29 bits per heavy atom. The van der Waals surface area contributed by atoms with E-state index in [-0.39, 0.29) is 10.5 Å². The second-order valence-electron chi connectivity index (χ2n) is 8.45. The van der Waals surface area contributed by atoms with Crippen LogP contribution in [0.1, 0.15) is 15.9 Å². The largest absolute Gasteiger partial charge is 0.322 e. The van der Waals surface area contributed by atoms with E-state index in [0.29, 0.717) is 16.9 Å². The van der Waals surface area contributed by atoms with Gasteiger partial charge in [0.2, 0.25) is 9.84 Å². The van der Waals surface area contributed by atoms with E-state index in [1.807, 2.05) is 36.4 Å². The third-order valence-electron chi connectivity index (χ3n) is 6.00. The molecule has 0 spiro atoms. The minimum absolute atomic E-state index is 0.138. The zero-order valence-electron chi connectivity index (χ0n) is 20.0. The Hall–Kier alpha value is -4.96. The van der Waals surface area contributed by atoms with Crippen LogP contribution in [0.4, 0.5) is 11.4 Å². The predicted octanol–water partition coefficient (Wildman–Crippen LogP) is 5.60. The molecular weight excluding hydrogens is 504 g/mol. The van der Waals surface area contributed by atoms with E-state index in [1.54, 1.807) is 19.2 Å². The number of nitro groups is 1. The van der Waals surface area contributed by atoms with Crippen LogP contribution in [0.15, 0.2) is 107 Å².